The van der Waals surface area contributed by atoms with Gasteiger partial charge in [-0.3, -0.25) is 10.1 Å². The zero-order valence-electron chi connectivity index (χ0n) is 15.1. The van der Waals surface area contributed by atoms with Crippen LogP contribution in [0.15, 0.2) is 34.1 Å². The standard InChI is InChI=1S/C18H18ClNO6S/c1-9-13(8-11(18(2,3)4)16(21)15(9)17(22)23)27(26)14-7-10(20(24)25)5-6-12(14)19/h5-8,21H,1-4H3,(H,22,23). The zero-order valence-corrected chi connectivity index (χ0v) is 16.6. The summed E-state index contributed by atoms with van der Waals surface area (Å²) in [6.07, 6.45) is 0. The average Bonchev–Trinajstić information content (AvgIpc) is 2.53. The van der Waals surface area contributed by atoms with E-state index in [4.69, 9.17) is 11.6 Å². The lowest BCUT2D eigenvalue weighted by atomic mass is 9.84. The molecular weight excluding hydrogens is 394 g/mol. The van der Waals surface area contributed by atoms with Gasteiger partial charge in [-0.2, -0.15) is 0 Å². The Hall–Kier alpha value is -2.29. The van der Waals surface area contributed by atoms with Gasteiger partial charge in [-0.15, -0.1) is 0 Å². The van der Waals surface area contributed by atoms with Gasteiger partial charge in [0.05, 0.1) is 16.0 Å². The average molecular weight is 412 g/mol. The number of carboxylic acids is 1. The highest BCUT2D eigenvalue weighted by molar-refractivity contribution is 7.91. The summed E-state index contributed by atoms with van der Waals surface area (Å²) in [5.74, 6) is -1.75. The van der Waals surface area contributed by atoms with Crippen molar-refractivity contribution in [3.05, 3.63) is 56.1 Å². The van der Waals surface area contributed by atoms with Gasteiger partial charge < -0.3 is 14.8 Å². The molecule has 0 radical (unpaired) electrons. The number of aromatic carboxylic acids is 1. The van der Waals surface area contributed by atoms with Crippen molar-refractivity contribution in [1.29, 1.82) is 0 Å². The van der Waals surface area contributed by atoms with Crippen LogP contribution in [0.4, 0.5) is 5.69 Å². The molecule has 0 aliphatic carbocycles. The Morgan fingerprint density at radius 2 is 1.81 bits per heavy atom. The van der Waals surface area contributed by atoms with Crippen LogP contribution in [0.3, 0.4) is 0 Å². The normalized spacial score (nSPS) is 12.7. The molecular formula is C18H18ClNO6S. The number of benzene rings is 2. The van der Waals surface area contributed by atoms with Crippen LogP contribution < -0.4 is 0 Å². The number of non-ortho nitro benzene ring substituents is 1. The van der Waals surface area contributed by atoms with Crippen LogP contribution in [0.25, 0.3) is 0 Å². The predicted octanol–water partition coefficient (Wildman–Crippen LogP) is 4.42. The fraction of sp³-hybridized carbons (Fsp3) is 0.278. The third-order valence-electron chi connectivity index (χ3n) is 4.06. The van der Waals surface area contributed by atoms with E-state index in [1.165, 1.54) is 25.1 Å². The fourth-order valence-electron chi connectivity index (χ4n) is 2.64. The minimum Gasteiger partial charge on any atom is -0.606 e. The van der Waals surface area contributed by atoms with Crippen LogP contribution in [0.5, 0.6) is 5.75 Å². The molecule has 1 atom stereocenters. The number of carbonyl (C=O) groups is 1. The van der Waals surface area contributed by atoms with Crippen molar-refractivity contribution in [2.24, 2.45) is 0 Å². The zero-order chi connectivity index (χ0) is 20.7. The highest BCUT2D eigenvalue weighted by Gasteiger charge is 2.32. The van der Waals surface area contributed by atoms with Crippen LogP contribution in [0.1, 0.15) is 42.3 Å². The largest absolute Gasteiger partial charge is 0.606 e. The SMILES string of the molecule is Cc1c([S+]([O-])c2cc([N+](=O)[O-])ccc2Cl)cc(C(C)(C)C)c(O)c1C(=O)O. The maximum absolute atomic E-state index is 13.2. The maximum atomic E-state index is 13.2. The smallest absolute Gasteiger partial charge is 0.339 e. The Balaban J connectivity index is 2.78. The summed E-state index contributed by atoms with van der Waals surface area (Å²) in [4.78, 5) is 22.2. The van der Waals surface area contributed by atoms with E-state index in [-0.39, 0.29) is 31.6 Å². The van der Waals surface area contributed by atoms with Gasteiger partial charge in [-0.05, 0) is 18.4 Å². The second kappa shape index (κ2) is 7.38. The molecule has 1 unspecified atom stereocenters. The summed E-state index contributed by atoms with van der Waals surface area (Å²) >= 11 is 4.09. The van der Waals surface area contributed by atoms with Crippen LogP contribution in [0.2, 0.25) is 5.02 Å². The molecule has 2 aromatic rings. The molecule has 27 heavy (non-hydrogen) atoms. The number of hydrogen-bond acceptors (Lipinski definition) is 5. The van der Waals surface area contributed by atoms with Crippen LogP contribution in [0, 0.1) is 17.0 Å². The first-order valence-electron chi connectivity index (χ1n) is 7.82. The molecule has 0 bridgehead atoms. The molecule has 0 aliphatic rings. The first-order chi connectivity index (χ1) is 12.4. The van der Waals surface area contributed by atoms with Crippen LogP contribution in [-0.2, 0) is 16.6 Å². The monoisotopic (exact) mass is 411 g/mol. The number of hydrogen-bond donors (Lipinski definition) is 2. The number of phenols is 1. The highest BCUT2D eigenvalue weighted by Crippen LogP contribution is 2.41. The van der Waals surface area contributed by atoms with Crippen molar-refractivity contribution in [2.75, 3.05) is 0 Å². The highest BCUT2D eigenvalue weighted by atomic mass is 35.5. The Kier molecular flexibility index (Phi) is 5.74. The first kappa shape index (κ1) is 21.0. The summed E-state index contributed by atoms with van der Waals surface area (Å²) in [7, 11) is 0. The Bertz CT molecular complexity index is 938. The van der Waals surface area contributed by atoms with Crippen LogP contribution >= 0.6 is 11.6 Å². The van der Waals surface area contributed by atoms with E-state index in [9.17, 15) is 29.7 Å². The lowest BCUT2D eigenvalue weighted by Gasteiger charge is -2.24. The molecule has 7 nitrogen and oxygen atoms in total. The molecule has 2 aromatic carbocycles. The Morgan fingerprint density at radius 3 is 2.30 bits per heavy atom. The van der Waals surface area contributed by atoms with Gasteiger partial charge in [0.1, 0.15) is 11.3 Å². The molecule has 0 saturated heterocycles. The molecule has 144 valence electrons. The third kappa shape index (κ3) is 4.02. The van der Waals surface area contributed by atoms with E-state index in [2.05, 4.69) is 0 Å². The Morgan fingerprint density at radius 1 is 1.22 bits per heavy atom. The van der Waals surface area contributed by atoms with Crippen molar-refractivity contribution in [3.8, 4) is 5.75 Å². The lowest BCUT2D eigenvalue weighted by Crippen LogP contribution is -2.17. The molecule has 0 aliphatic heterocycles. The van der Waals surface area contributed by atoms with E-state index in [0.717, 1.165) is 6.07 Å². The third-order valence-corrected chi connectivity index (χ3v) is 6.06. The number of aromatic hydroxyl groups is 1. The molecule has 2 rings (SSSR count). The molecule has 0 heterocycles. The first-order valence-corrected chi connectivity index (χ1v) is 9.35. The maximum Gasteiger partial charge on any atom is 0.339 e. The van der Waals surface area contributed by atoms with Gasteiger partial charge in [-0.1, -0.05) is 32.4 Å². The molecule has 0 aromatic heterocycles. The number of rotatable bonds is 4. The van der Waals surface area contributed by atoms with Gasteiger partial charge >= 0.3 is 5.97 Å². The van der Waals surface area contributed by atoms with Crippen molar-refractivity contribution in [1.82, 2.24) is 0 Å². The second-order valence-electron chi connectivity index (χ2n) is 6.97. The quantitative estimate of drug-likeness (QED) is 0.435. The van der Waals surface area contributed by atoms with E-state index in [1.54, 1.807) is 20.8 Å². The predicted molar refractivity (Wildman–Crippen MR) is 101 cm³/mol. The van der Waals surface area contributed by atoms with E-state index < -0.39 is 33.2 Å². The number of nitro benzene ring substituents is 1. The summed E-state index contributed by atoms with van der Waals surface area (Å²) in [6.45, 7) is 6.75. The molecule has 0 spiro atoms. The number of carboxylic acid groups (broad SMARTS) is 1. The summed E-state index contributed by atoms with van der Waals surface area (Å²) < 4.78 is 13.2. The molecule has 0 saturated carbocycles. The minimum absolute atomic E-state index is 0.00384. The fourth-order valence-corrected chi connectivity index (χ4v) is 4.28. The minimum atomic E-state index is -1.99. The lowest BCUT2D eigenvalue weighted by molar-refractivity contribution is -0.385. The van der Waals surface area contributed by atoms with E-state index >= 15 is 0 Å². The van der Waals surface area contributed by atoms with Gasteiger partial charge in [0, 0.05) is 34.4 Å². The van der Waals surface area contributed by atoms with Gasteiger partial charge in [0.2, 0.25) is 0 Å². The van der Waals surface area contributed by atoms with Gasteiger partial charge in [-0.25, -0.2) is 4.79 Å². The van der Waals surface area contributed by atoms with E-state index in [0.29, 0.717) is 5.56 Å². The molecule has 9 heteroatoms. The molecule has 0 amide bonds. The molecule has 2 N–H and O–H groups in total. The summed E-state index contributed by atoms with van der Waals surface area (Å²) in [6, 6.07) is 5.02. The van der Waals surface area contributed by atoms with Gasteiger partial charge in [0.25, 0.3) is 5.69 Å². The second-order valence-corrected chi connectivity index (χ2v) is 8.79. The van der Waals surface area contributed by atoms with Crippen molar-refractivity contribution in [2.45, 2.75) is 42.9 Å². The molecule has 0 fully saturated rings. The van der Waals surface area contributed by atoms with Crippen molar-refractivity contribution < 1.29 is 24.5 Å². The number of nitrogens with zero attached hydrogens (tertiary/aromatic N) is 1. The van der Waals surface area contributed by atoms with Crippen LogP contribution in [-0.4, -0.2) is 25.7 Å². The van der Waals surface area contributed by atoms with Crippen molar-refractivity contribution >= 4 is 34.4 Å². The topological polar surface area (TPSA) is 124 Å². The number of nitro groups is 1. The van der Waals surface area contributed by atoms with Gasteiger partial charge in [0.15, 0.2) is 9.79 Å². The Labute approximate surface area is 163 Å². The number of halogens is 1. The summed E-state index contributed by atoms with van der Waals surface area (Å²) in [5.41, 5.74) is -0.863. The summed E-state index contributed by atoms with van der Waals surface area (Å²) in [5, 5.41) is 31.0. The van der Waals surface area contributed by atoms with E-state index in [1.807, 2.05) is 0 Å². The van der Waals surface area contributed by atoms with Crippen molar-refractivity contribution in [3.63, 3.8) is 0 Å².